The number of benzene rings is 2. The molecule has 1 atom stereocenters. The summed E-state index contributed by atoms with van der Waals surface area (Å²) >= 11 is 0. The third-order valence-electron chi connectivity index (χ3n) is 5.07. The molecule has 0 saturated heterocycles. The molecule has 0 aliphatic heterocycles. The number of nitrogens with one attached hydrogen (secondary N) is 4. The van der Waals surface area contributed by atoms with Gasteiger partial charge >= 0.3 is 5.97 Å². The Balaban J connectivity index is 1.91. The van der Waals surface area contributed by atoms with Crippen LogP contribution in [0.5, 0.6) is 0 Å². The van der Waals surface area contributed by atoms with Gasteiger partial charge in [0.05, 0.1) is 4.90 Å². The zero-order valence-corrected chi connectivity index (χ0v) is 20.5. The molecule has 7 N–H and O–H groups in total. The van der Waals surface area contributed by atoms with Crippen molar-refractivity contribution in [3.05, 3.63) is 64.2 Å². The summed E-state index contributed by atoms with van der Waals surface area (Å²) < 4.78 is 27.8. The molecule has 2 aromatic carbocycles. The van der Waals surface area contributed by atoms with Crippen LogP contribution in [-0.2, 0) is 19.6 Å². The molecule has 2 amide bonds. The van der Waals surface area contributed by atoms with Gasteiger partial charge in [-0.25, -0.2) is 8.42 Å². The first-order valence-corrected chi connectivity index (χ1v) is 12.1. The fourth-order valence-corrected chi connectivity index (χ4v) is 5.16. The SMILES string of the molecule is Cc1cc(C)c(S(=O)(=O)N[C@@H](CNC(=O)CCNC(=O)c2ccc(C(=N)N)cc2)C(=O)O)c(C)c1. The molecule has 2 rings (SSSR count). The van der Waals surface area contributed by atoms with E-state index in [1.165, 1.54) is 24.3 Å². The lowest BCUT2D eigenvalue weighted by atomic mass is 10.1. The van der Waals surface area contributed by atoms with E-state index in [1.807, 2.05) is 6.92 Å². The van der Waals surface area contributed by atoms with Crippen molar-refractivity contribution in [1.29, 1.82) is 5.41 Å². The van der Waals surface area contributed by atoms with Gasteiger partial charge in [0.1, 0.15) is 11.9 Å². The molecule has 12 heteroatoms. The number of amidine groups is 1. The van der Waals surface area contributed by atoms with Crippen molar-refractivity contribution in [2.24, 2.45) is 5.73 Å². The Bertz CT molecular complexity index is 1220. The first kappa shape index (κ1) is 27.5. The number of amides is 2. The van der Waals surface area contributed by atoms with Crippen LogP contribution in [0.2, 0.25) is 0 Å². The third kappa shape index (κ3) is 7.62. The smallest absolute Gasteiger partial charge is 0.323 e. The van der Waals surface area contributed by atoms with Gasteiger partial charge in [0.25, 0.3) is 5.91 Å². The van der Waals surface area contributed by atoms with Crippen molar-refractivity contribution in [2.45, 2.75) is 38.1 Å². The number of carboxylic acid groups (broad SMARTS) is 1. The number of nitrogens with two attached hydrogens (primary N) is 1. The molecule has 2 aromatic rings. The van der Waals surface area contributed by atoms with E-state index in [2.05, 4.69) is 15.4 Å². The van der Waals surface area contributed by atoms with Crippen LogP contribution in [0, 0.1) is 26.2 Å². The van der Waals surface area contributed by atoms with Crippen LogP contribution < -0.4 is 21.1 Å². The molecule has 0 aliphatic carbocycles. The maximum atomic E-state index is 12.8. The molecular formula is C23H29N5O6S. The second kappa shape index (κ2) is 11.6. The second-order valence-corrected chi connectivity index (χ2v) is 9.69. The Morgan fingerprint density at radius 2 is 1.54 bits per heavy atom. The van der Waals surface area contributed by atoms with Gasteiger partial charge in [-0.2, -0.15) is 4.72 Å². The topological polar surface area (TPSA) is 192 Å². The quantitative estimate of drug-likeness (QED) is 0.191. The van der Waals surface area contributed by atoms with Crippen molar-refractivity contribution >= 4 is 33.6 Å². The molecule has 188 valence electrons. The zero-order valence-electron chi connectivity index (χ0n) is 19.6. The molecule has 0 saturated carbocycles. The minimum absolute atomic E-state index is 0.000255. The van der Waals surface area contributed by atoms with E-state index in [9.17, 15) is 27.9 Å². The van der Waals surface area contributed by atoms with E-state index in [-0.39, 0.29) is 23.7 Å². The second-order valence-electron chi connectivity index (χ2n) is 8.04. The number of carbonyl (C=O) groups excluding carboxylic acids is 2. The van der Waals surface area contributed by atoms with Crippen molar-refractivity contribution in [2.75, 3.05) is 13.1 Å². The van der Waals surface area contributed by atoms with Crippen molar-refractivity contribution in [3.8, 4) is 0 Å². The van der Waals surface area contributed by atoms with Crippen LogP contribution in [0.4, 0.5) is 0 Å². The molecule has 35 heavy (non-hydrogen) atoms. The summed E-state index contributed by atoms with van der Waals surface area (Å²) in [7, 11) is -4.16. The highest BCUT2D eigenvalue weighted by molar-refractivity contribution is 7.89. The lowest BCUT2D eigenvalue weighted by molar-refractivity contribution is -0.138. The predicted octanol–water partition coefficient (Wildman–Crippen LogP) is 0.564. The van der Waals surface area contributed by atoms with Gasteiger partial charge in [0.15, 0.2) is 0 Å². The van der Waals surface area contributed by atoms with E-state index in [4.69, 9.17) is 11.1 Å². The number of aryl methyl sites for hydroxylation is 3. The molecule has 0 spiro atoms. The maximum absolute atomic E-state index is 12.8. The molecule has 0 aliphatic rings. The van der Waals surface area contributed by atoms with Crippen molar-refractivity contribution in [1.82, 2.24) is 15.4 Å². The minimum Gasteiger partial charge on any atom is -0.480 e. The monoisotopic (exact) mass is 503 g/mol. The first-order valence-electron chi connectivity index (χ1n) is 10.6. The summed E-state index contributed by atoms with van der Waals surface area (Å²) in [6.07, 6.45) is -0.146. The summed E-state index contributed by atoms with van der Waals surface area (Å²) in [5.41, 5.74) is 7.99. The lowest BCUT2D eigenvalue weighted by Crippen LogP contribution is -2.48. The molecule has 0 bridgehead atoms. The van der Waals surface area contributed by atoms with E-state index in [0.29, 0.717) is 22.3 Å². The minimum atomic E-state index is -4.16. The summed E-state index contributed by atoms with van der Waals surface area (Å²) in [6.45, 7) is 4.57. The summed E-state index contributed by atoms with van der Waals surface area (Å²) in [4.78, 5) is 35.9. The largest absolute Gasteiger partial charge is 0.480 e. The molecular weight excluding hydrogens is 474 g/mol. The fourth-order valence-electron chi connectivity index (χ4n) is 3.51. The van der Waals surface area contributed by atoms with Crippen molar-refractivity contribution < 1.29 is 27.9 Å². The van der Waals surface area contributed by atoms with Gasteiger partial charge in [-0.3, -0.25) is 19.8 Å². The number of hydrogen-bond acceptors (Lipinski definition) is 6. The number of hydrogen-bond donors (Lipinski definition) is 6. The zero-order chi connectivity index (χ0) is 26.3. The summed E-state index contributed by atoms with van der Waals surface area (Å²) in [6, 6.07) is 7.82. The van der Waals surface area contributed by atoms with Gasteiger partial charge in [-0.15, -0.1) is 0 Å². The van der Waals surface area contributed by atoms with Crippen LogP contribution in [0.15, 0.2) is 41.3 Å². The average molecular weight is 504 g/mol. The van der Waals surface area contributed by atoms with Gasteiger partial charge in [-0.1, -0.05) is 29.8 Å². The van der Waals surface area contributed by atoms with Crippen LogP contribution in [0.25, 0.3) is 0 Å². The highest BCUT2D eigenvalue weighted by Crippen LogP contribution is 2.21. The molecule has 0 aromatic heterocycles. The average Bonchev–Trinajstić information content (AvgIpc) is 2.75. The van der Waals surface area contributed by atoms with Crippen LogP contribution in [0.1, 0.15) is 39.0 Å². The van der Waals surface area contributed by atoms with Gasteiger partial charge in [0, 0.05) is 30.6 Å². The lowest BCUT2D eigenvalue weighted by Gasteiger charge is -2.18. The van der Waals surface area contributed by atoms with E-state index >= 15 is 0 Å². The van der Waals surface area contributed by atoms with Crippen molar-refractivity contribution in [3.63, 3.8) is 0 Å². The summed E-state index contributed by atoms with van der Waals surface area (Å²) in [5, 5.41) is 21.7. The van der Waals surface area contributed by atoms with Crippen LogP contribution in [0.3, 0.4) is 0 Å². The number of carboxylic acids is 1. The Morgan fingerprint density at radius 1 is 1.00 bits per heavy atom. The Morgan fingerprint density at radius 3 is 2.06 bits per heavy atom. The first-order chi connectivity index (χ1) is 16.3. The van der Waals surface area contributed by atoms with Gasteiger partial charge < -0.3 is 21.5 Å². The number of rotatable bonds is 11. The molecule has 0 heterocycles. The number of carbonyl (C=O) groups is 3. The molecule has 0 fully saturated rings. The van der Waals surface area contributed by atoms with E-state index in [1.54, 1.807) is 26.0 Å². The molecule has 0 radical (unpaired) electrons. The van der Waals surface area contributed by atoms with Crippen LogP contribution >= 0.6 is 0 Å². The molecule has 0 unspecified atom stereocenters. The van der Waals surface area contributed by atoms with Gasteiger partial charge in [-0.05, 0) is 44.0 Å². The number of aliphatic carboxylic acids is 1. The normalized spacial score (nSPS) is 12.0. The Kier molecular flexibility index (Phi) is 9.09. The maximum Gasteiger partial charge on any atom is 0.323 e. The number of sulfonamides is 1. The fraction of sp³-hybridized carbons (Fsp3) is 0.304. The third-order valence-corrected chi connectivity index (χ3v) is 6.84. The summed E-state index contributed by atoms with van der Waals surface area (Å²) in [5.74, 6) is -2.57. The van der Waals surface area contributed by atoms with E-state index in [0.717, 1.165) is 5.56 Å². The van der Waals surface area contributed by atoms with E-state index < -0.39 is 40.4 Å². The van der Waals surface area contributed by atoms with Gasteiger partial charge in [0.2, 0.25) is 15.9 Å². The Hall–Kier alpha value is -3.77. The predicted molar refractivity (Wildman–Crippen MR) is 130 cm³/mol. The Labute approximate surface area is 203 Å². The highest BCUT2D eigenvalue weighted by Gasteiger charge is 2.28. The standard InChI is InChI=1S/C23H29N5O6S/c1-13-10-14(2)20(15(3)11-13)35(33,34)28-18(23(31)32)12-27-19(29)8-9-26-22(30)17-6-4-16(5-7-17)21(24)25/h4-7,10-11,18,28H,8-9,12H2,1-3H3,(H3,24,25)(H,26,30)(H,27,29)(H,31,32)/t18-/m0/s1. The number of nitrogen functional groups attached to an aromatic ring is 1. The highest BCUT2D eigenvalue weighted by atomic mass is 32.2. The van der Waals surface area contributed by atoms with Crippen LogP contribution in [-0.4, -0.2) is 56.3 Å². The molecule has 11 nitrogen and oxygen atoms in total.